The van der Waals surface area contributed by atoms with Gasteiger partial charge in [0.05, 0.1) is 18.2 Å². The number of ether oxygens (including phenoxy) is 2. The average molecular weight is 673 g/mol. The number of imide groups is 1. The Bertz CT molecular complexity index is 972. The molecule has 1 aromatic carbocycles. The number of nitrogens with zero attached hydrogens (tertiary/aromatic N) is 2. The molecule has 0 atom stereocenters. The molecule has 39 heavy (non-hydrogen) atoms. The highest BCUT2D eigenvalue weighted by Gasteiger charge is 2.20. The van der Waals surface area contributed by atoms with Crippen molar-refractivity contribution < 1.29 is 47.6 Å². The van der Waals surface area contributed by atoms with Gasteiger partial charge in [-0.3, -0.25) is 4.79 Å². The van der Waals surface area contributed by atoms with Crippen LogP contribution in [0.4, 0.5) is 4.79 Å². The molecule has 0 saturated heterocycles. The third kappa shape index (κ3) is 14.9. The molecule has 2 amide bonds. The van der Waals surface area contributed by atoms with Crippen molar-refractivity contribution in [1.29, 1.82) is 0 Å². The lowest BCUT2D eigenvalue weighted by Gasteiger charge is -2.18. The van der Waals surface area contributed by atoms with E-state index in [1.54, 1.807) is 12.1 Å². The molecule has 0 fully saturated rings. The SMILES string of the molecule is CCCCCCCCCCCCCCOc1ccc(COC(=O)N(Cc2cc[n+](C)cc2)C(C)=O)cc1Cl.[I-]. The lowest BCUT2D eigenvalue weighted by atomic mass is 10.1. The second-order valence-corrected chi connectivity index (χ2v) is 10.4. The zero-order valence-electron chi connectivity index (χ0n) is 23.9. The Morgan fingerprint density at radius 1 is 0.846 bits per heavy atom. The maximum absolute atomic E-state index is 12.6. The Labute approximate surface area is 257 Å². The Hall–Kier alpha value is -1.87. The van der Waals surface area contributed by atoms with Gasteiger partial charge in [0.25, 0.3) is 0 Å². The van der Waals surface area contributed by atoms with E-state index in [1.165, 1.54) is 71.1 Å². The number of amides is 2. The molecule has 2 aromatic rings. The van der Waals surface area contributed by atoms with E-state index in [0.717, 1.165) is 28.9 Å². The van der Waals surface area contributed by atoms with Crippen molar-refractivity contribution >= 4 is 23.6 Å². The van der Waals surface area contributed by atoms with Crippen molar-refractivity contribution in [3.63, 3.8) is 0 Å². The van der Waals surface area contributed by atoms with Gasteiger partial charge in [-0.25, -0.2) is 14.3 Å². The molecule has 0 aliphatic rings. The van der Waals surface area contributed by atoms with Crippen molar-refractivity contribution in [2.75, 3.05) is 6.61 Å². The van der Waals surface area contributed by atoms with Gasteiger partial charge in [-0.15, -0.1) is 0 Å². The van der Waals surface area contributed by atoms with Gasteiger partial charge in [-0.1, -0.05) is 95.2 Å². The van der Waals surface area contributed by atoms with Crippen LogP contribution in [-0.2, 0) is 29.7 Å². The molecule has 8 heteroatoms. The molecule has 0 saturated carbocycles. The van der Waals surface area contributed by atoms with E-state index in [1.807, 2.05) is 42.2 Å². The molecular weight excluding hydrogens is 627 g/mol. The average Bonchev–Trinajstić information content (AvgIpc) is 2.90. The van der Waals surface area contributed by atoms with Gasteiger partial charge in [-0.2, -0.15) is 0 Å². The van der Waals surface area contributed by atoms with Gasteiger partial charge in [0.1, 0.15) is 19.4 Å². The third-order valence-electron chi connectivity index (χ3n) is 6.60. The smallest absolute Gasteiger partial charge is 0.417 e. The van der Waals surface area contributed by atoms with E-state index in [4.69, 9.17) is 21.1 Å². The standard InChI is InChI=1S/C31H46ClN2O4.HI/c1-4-5-6-7-8-9-10-11-12-13-14-15-22-37-30-17-16-28(23-29(30)32)25-38-31(36)34(26(2)35)24-27-18-20-33(3)21-19-27;/h16-21,23H,4-15,22,24-25H2,1-3H3;1H/q+1;/p-1. The largest absolute Gasteiger partial charge is 1.00 e. The molecule has 0 spiro atoms. The Morgan fingerprint density at radius 2 is 1.41 bits per heavy atom. The quantitative estimate of drug-likeness (QED) is 0.128. The first-order chi connectivity index (χ1) is 18.4. The summed E-state index contributed by atoms with van der Waals surface area (Å²) in [5.74, 6) is 0.259. The number of hydrogen-bond donors (Lipinski definition) is 0. The van der Waals surface area contributed by atoms with E-state index < -0.39 is 6.09 Å². The number of unbranched alkanes of at least 4 members (excludes halogenated alkanes) is 11. The molecule has 218 valence electrons. The fourth-order valence-corrected chi connectivity index (χ4v) is 4.48. The van der Waals surface area contributed by atoms with E-state index in [9.17, 15) is 9.59 Å². The monoisotopic (exact) mass is 672 g/mol. The summed E-state index contributed by atoms with van der Waals surface area (Å²) in [6, 6.07) is 9.09. The molecule has 1 aromatic heterocycles. The summed E-state index contributed by atoms with van der Waals surface area (Å²) >= 11 is 6.40. The summed E-state index contributed by atoms with van der Waals surface area (Å²) in [5, 5.41) is 0.484. The van der Waals surface area contributed by atoms with Crippen LogP contribution in [0, 0.1) is 0 Å². The summed E-state index contributed by atoms with van der Waals surface area (Å²) in [6.45, 7) is 4.42. The van der Waals surface area contributed by atoms with E-state index >= 15 is 0 Å². The van der Waals surface area contributed by atoms with Gasteiger partial charge in [0.2, 0.25) is 5.91 Å². The fourth-order valence-electron chi connectivity index (χ4n) is 4.22. The van der Waals surface area contributed by atoms with Crippen molar-refractivity contribution in [3.8, 4) is 5.75 Å². The summed E-state index contributed by atoms with van der Waals surface area (Å²) in [7, 11) is 1.90. The minimum absolute atomic E-state index is 0. The first-order valence-corrected chi connectivity index (χ1v) is 14.6. The summed E-state index contributed by atoms with van der Waals surface area (Å²) in [5.41, 5.74) is 1.57. The predicted octanol–water partition coefficient (Wildman–Crippen LogP) is 4.93. The summed E-state index contributed by atoms with van der Waals surface area (Å²) in [6.07, 6.45) is 18.7. The highest BCUT2D eigenvalue weighted by molar-refractivity contribution is 6.32. The Balaban J connectivity index is 0.00000760. The maximum atomic E-state index is 12.6. The number of aromatic nitrogens is 1. The second kappa shape index (κ2) is 21.0. The number of benzene rings is 1. The molecular formula is C31H46ClIN2O4. The van der Waals surface area contributed by atoms with E-state index in [2.05, 4.69) is 6.92 Å². The van der Waals surface area contributed by atoms with Crippen molar-refractivity contribution in [3.05, 3.63) is 58.9 Å². The molecule has 2 rings (SSSR count). The number of hydrogen-bond acceptors (Lipinski definition) is 4. The molecule has 0 unspecified atom stereocenters. The van der Waals surface area contributed by atoms with Gasteiger partial charge in [0.15, 0.2) is 12.4 Å². The van der Waals surface area contributed by atoms with Crippen molar-refractivity contribution in [2.24, 2.45) is 7.05 Å². The molecule has 0 aliphatic carbocycles. The molecule has 0 N–H and O–H groups in total. The lowest BCUT2D eigenvalue weighted by molar-refractivity contribution is -0.671. The van der Waals surface area contributed by atoms with E-state index in [0.29, 0.717) is 17.4 Å². The first kappa shape index (κ1) is 35.2. The van der Waals surface area contributed by atoms with E-state index in [-0.39, 0.29) is 43.0 Å². The zero-order chi connectivity index (χ0) is 27.6. The zero-order valence-corrected chi connectivity index (χ0v) is 26.8. The van der Waals surface area contributed by atoms with Crippen LogP contribution in [0.25, 0.3) is 0 Å². The number of carbonyl (C=O) groups excluding carboxylic acids is 2. The van der Waals surface area contributed by atoms with Crippen molar-refractivity contribution in [2.45, 2.75) is 104 Å². The van der Waals surface area contributed by atoms with Crippen LogP contribution in [-0.4, -0.2) is 23.5 Å². The van der Waals surface area contributed by atoms with Crippen molar-refractivity contribution in [1.82, 2.24) is 4.90 Å². The highest BCUT2D eigenvalue weighted by Crippen LogP contribution is 2.26. The second-order valence-electron chi connectivity index (χ2n) is 10.0. The van der Waals surface area contributed by atoms with Gasteiger partial charge >= 0.3 is 6.09 Å². The molecule has 0 bridgehead atoms. The number of carbonyl (C=O) groups is 2. The lowest BCUT2D eigenvalue weighted by Crippen LogP contribution is -3.00. The van der Waals surface area contributed by atoms with Crippen LogP contribution < -0.4 is 33.3 Å². The number of rotatable bonds is 18. The van der Waals surface area contributed by atoms with Crippen LogP contribution in [0.2, 0.25) is 5.02 Å². The highest BCUT2D eigenvalue weighted by atomic mass is 127. The number of halogens is 2. The maximum Gasteiger partial charge on any atom is 0.417 e. The topological polar surface area (TPSA) is 59.7 Å². The van der Waals surface area contributed by atoms with Gasteiger partial charge in [-0.05, 0) is 29.7 Å². The first-order valence-electron chi connectivity index (χ1n) is 14.2. The predicted molar refractivity (Wildman–Crippen MR) is 152 cm³/mol. The summed E-state index contributed by atoms with van der Waals surface area (Å²) in [4.78, 5) is 25.7. The van der Waals surface area contributed by atoms with Crippen LogP contribution in [0.5, 0.6) is 5.75 Å². The Kier molecular flexibility index (Phi) is 18.9. The Morgan fingerprint density at radius 3 is 1.95 bits per heavy atom. The molecule has 0 radical (unpaired) electrons. The van der Waals surface area contributed by atoms with Crippen LogP contribution >= 0.6 is 11.6 Å². The number of pyridine rings is 1. The van der Waals surface area contributed by atoms with Gasteiger partial charge in [0, 0.05) is 19.1 Å². The summed E-state index contributed by atoms with van der Waals surface area (Å²) < 4.78 is 13.1. The van der Waals surface area contributed by atoms with Crippen LogP contribution in [0.3, 0.4) is 0 Å². The van der Waals surface area contributed by atoms with Crippen LogP contribution in [0.15, 0.2) is 42.7 Å². The molecule has 1 heterocycles. The molecule has 0 aliphatic heterocycles. The third-order valence-corrected chi connectivity index (χ3v) is 6.90. The fraction of sp³-hybridized carbons (Fsp3) is 0.581. The normalized spacial score (nSPS) is 10.6. The minimum atomic E-state index is -0.686. The van der Waals surface area contributed by atoms with Crippen LogP contribution in [0.1, 0.15) is 102 Å². The van der Waals surface area contributed by atoms with Gasteiger partial charge < -0.3 is 33.5 Å². The number of aryl methyl sites for hydroxylation is 1. The minimum Gasteiger partial charge on any atom is -1.00 e. The molecule has 6 nitrogen and oxygen atoms in total.